The van der Waals surface area contributed by atoms with E-state index in [2.05, 4.69) is 25.8 Å². The lowest BCUT2D eigenvalue weighted by Crippen LogP contribution is -2.30. The molecule has 0 radical (unpaired) electrons. The average molecular weight is 389 g/mol. The highest BCUT2D eigenvalue weighted by atomic mass is 16.2. The van der Waals surface area contributed by atoms with E-state index in [1.165, 1.54) is 4.57 Å². The normalized spacial score (nSPS) is 11.0. The number of hydrogen-bond acceptors (Lipinski definition) is 6. The number of tetrazole rings is 1. The van der Waals surface area contributed by atoms with Crippen molar-refractivity contribution in [2.75, 3.05) is 5.32 Å². The quantitative estimate of drug-likeness (QED) is 0.571. The van der Waals surface area contributed by atoms with Crippen LogP contribution >= 0.6 is 0 Å². The number of rotatable bonds is 4. The molecule has 0 saturated carbocycles. The smallest absolute Gasteiger partial charge is 0.261 e. The predicted molar refractivity (Wildman–Crippen MR) is 108 cm³/mol. The van der Waals surface area contributed by atoms with E-state index in [-0.39, 0.29) is 18.0 Å². The Morgan fingerprint density at radius 1 is 1.07 bits per heavy atom. The van der Waals surface area contributed by atoms with E-state index in [1.807, 2.05) is 19.1 Å². The van der Waals surface area contributed by atoms with Gasteiger partial charge in [0, 0.05) is 5.69 Å². The zero-order valence-corrected chi connectivity index (χ0v) is 16.2. The number of nitrogens with zero attached hydrogens (tertiary/aromatic N) is 6. The summed E-state index contributed by atoms with van der Waals surface area (Å²) in [6.07, 6.45) is 0. The summed E-state index contributed by atoms with van der Waals surface area (Å²) in [5.74, 6) is 0.800. The van der Waals surface area contributed by atoms with Crippen LogP contribution in [0.3, 0.4) is 0 Å². The van der Waals surface area contributed by atoms with Crippen LogP contribution in [0.15, 0.2) is 47.3 Å². The summed E-state index contributed by atoms with van der Waals surface area (Å²) in [6.45, 7) is 5.32. The van der Waals surface area contributed by atoms with Crippen molar-refractivity contribution in [1.29, 1.82) is 0 Å². The Morgan fingerprint density at radius 3 is 2.62 bits per heavy atom. The molecular weight excluding hydrogens is 370 g/mol. The molecule has 0 aliphatic rings. The van der Waals surface area contributed by atoms with Crippen molar-refractivity contribution >= 4 is 22.5 Å². The van der Waals surface area contributed by atoms with E-state index >= 15 is 0 Å². The first-order valence-electron chi connectivity index (χ1n) is 9.06. The molecule has 0 aliphatic heterocycles. The molecule has 0 atom stereocenters. The van der Waals surface area contributed by atoms with Crippen molar-refractivity contribution < 1.29 is 4.79 Å². The van der Waals surface area contributed by atoms with Crippen LogP contribution in [0.1, 0.15) is 17.2 Å². The third-order valence-electron chi connectivity index (χ3n) is 4.70. The number of nitrogens with one attached hydrogen (secondary N) is 1. The molecule has 2 aromatic heterocycles. The van der Waals surface area contributed by atoms with Crippen LogP contribution in [0.25, 0.3) is 16.6 Å². The molecule has 9 nitrogen and oxygen atoms in total. The van der Waals surface area contributed by atoms with Crippen molar-refractivity contribution in [2.45, 2.75) is 27.3 Å². The van der Waals surface area contributed by atoms with E-state index in [4.69, 9.17) is 0 Å². The van der Waals surface area contributed by atoms with Gasteiger partial charge in [0.15, 0.2) is 5.82 Å². The number of hydrogen-bond donors (Lipinski definition) is 1. The number of benzene rings is 2. The van der Waals surface area contributed by atoms with E-state index in [1.54, 1.807) is 48.9 Å². The van der Waals surface area contributed by atoms with Crippen LogP contribution in [0.2, 0.25) is 0 Å². The highest BCUT2D eigenvalue weighted by molar-refractivity contribution is 5.91. The van der Waals surface area contributed by atoms with Gasteiger partial charge in [0.05, 0.1) is 16.6 Å². The van der Waals surface area contributed by atoms with Crippen molar-refractivity contribution in [3.63, 3.8) is 0 Å². The molecule has 4 aromatic rings. The second-order valence-electron chi connectivity index (χ2n) is 6.75. The molecule has 0 unspecified atom stereocenters. The molecule has 29 heavy (non-hydrogen) atoms. The Bertz CT molecular complexity index is 1290. The predicted octanol–water partition coefficient (Wildman–Crippen LogP) is 1.94. The highest BCUT2D eigenvalue weighted by Crippen LogP contribution is 2.19. The van der Waals surface area contributed by atoms with E-state index in [0.29, 0.717) is 28.2 Å². The maximum atomic E-state index is 12.7. The number of carbonyl (C=O) groups is 1. The Morgan fingerprint density at radius 2 is 1.86 bits per heavy atom. The van der Waals surface area contributed by atoms with Crippen LogP contribution in [0, 0.1) is 20.8 Å². The molecule has 1 amide bonds. The Kier molecular flexibility index (Phi) is 4.63. The molecule has 0 bridgehead atoms. The summed E-state index contributed by atoms with van der Waals surface area (Å²) in [5, 5.41) is 14.8. The minimum atomic E-state index is -0.324. The number of carbonyl (C=O) groups excluding carboxylic acids is 1. The standard InChI is InChI=1S/C20H19N7O2/c1-12-8-9-15(10-18(12)27-14(3)23-24-25-27)22-19(28)11-26-13(2)21-17-7-5-4-6-16(17)20(26)29/h4-10H,11H2,1-3H3,(H,22,28). The van der Waals surface area contributed by atoms with E-state index in [9.17, 15) is 9.59 Å². The zero-order chi connectivity index (χ0) is 20.5. The van der Waals surface area contributed by atoms with E-state index in [0.717, 1.165) is 11.3 Å². The van der Waals surface area contributed by atoms with Gasteiger partial charge in [0.25, 0.3) is 5.56 Å². The summed E-state index contributed by atoms with van der Waals surface area (Å²) in [6, 6.07) is 12.6. The third-order valence-corrected chi connectivity index (χ3v) is 4.70. The van der Waals surface area contributed by atoms with Gasteiger partial charge in [-0.3, -0.25) is 14.2 Å². The van der Waals surface area contributed by atoms with Crippen molar-refractivity contribution in [2.24, 2.45) is 0 Å². The third kappa shape index (κ3) is 3.49. The van der Waals surface area contributed by atoms with Crippen molar-refractivity contribution in [3.05, 3.63) is 70.0 Å². The van der Waals surface area contributed by atoms with Gasteiger partial charge in [-0.25, -0.2) is 4.98 Å². The number of aryl methyl sites for hydroxylation is 3. The van der Waals surface area contributed by atoms with Crippen LogP contribution in [-0.2, 0) is 11.3 Å². The topological polar surface area (TPSA) is 108 Å². The van der Waals surface area contributed by atoms with Crippen molar-refractivity contribution in [3.8, 4) is 5.69 Å². The lowest BCUT2D eigenvalue weighted by Gasteiger charge is -2.13. The maximum Gasteiger partial charge on any atom is 0.261 e. The SMILES string of the molecule is Cc1ccc(NC(=O)Cn2c(C)nc3ccccc3c2=O)cc1-n1nnnc1C. The van der Waals surface area contributed by atoms with Gasteiger partial charge in [0.2, 0.25) is 5.91 Å². The van der Waals surface area contributed by atoms with Crippen molar-refractivity contribution in [1.82, 2.24) is 29.8 Å². The molecule has 0 aliphatic carbocycles. The molecule has 0 fully saturated rings. The fourth-order valence-electron chi connectivity index (χ4n) is 3.18. The molecule has 9 heteroatoms. The molecule has 2 aromatic carbocycles. The van der Waals surface area contributed by atoms with Gasteiger partial charge in [-0.1, -0.05) is 18.2 Å². The average Bonchev–Trinajstić information content (AvgIpc) is 3.12. The first kappa shape index (κ1) is 18.5. The fourth-order valence-corrected chi connectivity index (χ4v) is 3.18. The summed E-state index contributed by atoms with van der Waals surface area (Å²) in [4.78, 5) is 29.8. The largest absolute Gasteiger partial charge is 0.324 e. The first-order valence-corrected chi connectivity index (χ1v) is 9.06. The molecule has 2 heterocycles. The summed E-state index contributed by atoms with van der Waals surface area (Å²) >= 11 is 0. The van der Waals surface area contributed by atoms with Crippen LogP contribution < -0.4 is 10.9 Å². The van der Waals surface area contributed by atoms with Gasteiger partial charge >= 0.3 is 0 Å². The molecular formula is C20H19N7O2. The number of anilines is 1. The number of amides is 1. The summed E-state index contributed by atoms with van der Waals surface area (Å²) in [5.41, 5.74) is 2.70. The molecule has 0 spiro atoms. The van der Waals surface area contributed by atoms with Crippen LogP contribution in [0.5, 0.6) is 0 Å². The minimum absolute atomic E-state index is 0.129. The zero-order valence-electron chi connectivity index (χ0n) is 16.2. The van der Waals surface area contributed by atoms with Gasteiger partial charge in [-0.2, -0.15) is 4.68 Å². The monoisotopic (exact) mass is 389 g/mol. The lowest BCUT2D eigenvalue weighted by atomic mass is 10.1. The number of para-hydroxylation sites is 1. The van der Waals surface area contributed by atoms with Gasteiger partial charge in [-0.05, 0) is 61.0 Å². The Labute approximate surface area is 166 Å². The molecule has 4 rings (SSSR count). The van der Waals surface area contributed by atoms with Crippen LogP contribution in [0.4, 0.5) is 5.69 Å². The molecule has 0 saturated heterocycles. The first-order chi connectivity index (χ1) is 13.9. The Hall–Kier alpha value is -3.88. The number of aromatic nitrogens is 6. The second kappa shape index (κ2) is 7.27. The van der Waals surface area contributed by atoms with Gasteiger partial charge < -0.3 is 5.32 Å². The highest BCUT2D eigenvalue weighted by Gasteiger charge is 2.13. The van der Waals surface area contributed by atoms with E-state index < -0.39 is 0 Å². The maximum absolute atomic E-state index is 12.7. The molecule has 146 valence electrons. The summed E-state index contributed by atoms with van der Waals surface area (Å²) in [7, 11) is 0. The fraction of sp³-hybridized carbons (Fsp3) is 0.200. The summed E-state index contributed by atoms with van der Waals surface area (Å²) < 4.78 is 2.98. The lowest BCUT2D eigenvalue weighted by molar-refractivity contribution is -0.116. The number of fused-ring (bicyclic) bond motifs is 1. The van der Waals surface area contributed by atoms with Gasteiger partial charge in [0.1, 0.15) is 12.4 Å². The molecule has 1 N–H and O–H groups in total. The van der Waals surface area contributed by atoms with Gasteiger partial charge in [-0.15, -0.1) is 5.10 Å². The Balaban J connectivity index is 1.61. The second-order valence-corrected chi connectivity index (χ2v) is 6.75. The minimum Gasteiger partial charge on any atom is -0.324 e. The van der Waals surface area contributed by atoms with Crippen LogP contribution in [-0.4, -0.2) is 35.7 Å².